The molecule has 0 fully saturated rings. The van der Waals surface area contributed by atoms with Crippen LogP contribution in [0.2, 0.25) is 0 Å². The Balaban J connectivity index is 2.15. The van der Waals surface area contributed by atoms with Gasteiger partial charge in [0.15, 0.2) is 0 Å². The Morgan fingerprint density at radius 2 is 1.61 bits per heavy atom. The molecule has 0 spiro atoms. The Morgan fingerprint density at radius 1 is 0.944 bits per heavy atom. The molecule has 1 aromatic carbocycles. The summed E-state index contributed by atoms with van der Waals surface area (Å²) >= 11 is 0. The third-order valence-corrected chi connectivity index (χ3v) is 3.04. The molecule has 2 heteroatoms. The number of aryl methyl sites for hydroxylation is 3. The van der Waals surface area contributed by atoms with E-state index in [0.29, 0.717) is 0 Å². The summed E-state index contributed by atoms with van der Waals surface area (Å²) in [6.45, 7) is 8.38. The average molecular weight is 240 g/mol. The fraction of sp³-hybridized carbons (Fsp3) is 0.312. The van der Waals surface area contributed by atoms with Gasteiger partial charge in [-0.05, 0) is 51.0 Å². The summed E-state index contributed by atoms with van der Waals surface area (Å²) in [7, 11) is 0. The molecule has 1 heterocycles. The van der Waals surface area contributed by atoms with Gasteiger partial charge in [0.05, 0.1) is 0 Å². The maximum absolute atomic E-state index is 4.51. The number of hydrogen-bond donors (Lipinski definition) is 1. The van der Waals surface area contributed by atoms with Crippen LogP contribution >= 0.6 is 0 Å². The molecule has 0 aliphatic rings. The number of aromatic nitrogens is 1. The molecule has 0 saturated heterocycles. The smallest absolute Gasteiger partial charge is 0.126 e. The first-order chi connectivity index (χ1) is 8.54. The van der Waals surface area contributed by atoms with Crippen molar-refractivity contribution < 1.29 is 0 Å². The van der Waals surface area contributed by atoms with Crippen LogP contribution in [0.5, 0.6) is 0 Å². The van der Waals surface area contributed by atoms with Crippen LogP contribution in [0.15, 0.2) is 36.4 Å². The fourth-order valence-electron chi connectivity index (χ4n) is 2.08. The number of pyridine rings is 1. The SMILES string of the molecule is Cc1ccc(C(C)Nc2cc(C)cc(C)n2)cc1. The minimum atomic E-state index is 0.263. The van der Waals surface area contributed by atoms with Gasteiger partial charge in [-0.2, -0.15) is 0 Å². The molecule has 0 aliphatic heterocycles. The number of hydrogen-bond acceptors (Lipinski definition) is 2. The number of nitrogens with zero attached hydrogens (tertiary/aromatic N) is 1. The molecular weight excluding hydrogens is 220 g/mol. The first kappa shape index (κ1) is 12.6. The Labute approximate surface area is 109 Å². The minimum Gasteiger partial charge on any atom is -0.364 e. The zero-order valence-corrected chi connectivity index (χ0v) is 11.5. The lowest BCUT2D eigenvalue weighted by atomic mass is 10.1. The lowest BCUT2D eigenvalue weighted by Crippen LogP contribution is -2.08. The van der Waals surface area contributed by atoms with E-state index in [1.54, 1.807) is 0 Å². The minimum absolute atomic E-state index is 0.263. The largest absolute Gasteiger partial charge is 0.364 e. The highest BCUT2D eigenvalue weighted by Gasteiger charge is 2.06. The van der Waals surface area contributed by atoms with Gasteiger partial charge in [-0.25, -0.2) is 4.98 Å². The van der Waals surface area contributed by atoms with Crippen molar-refractivity contribution >= 4 is 5.82 Å². The predicted molar refractivity (Wildman–Crippen MR) is 76.9 cm³/mol. The molecule has 94 valence electrons. The zero-order valence-electron chi connectivity index (χ0n) is 11.5. The van der Waals surface area contributed by atoms with Crippen molar-refractivity contribution in [1.29, 1.82) is 0 Å². The predicted octanol–water partition coefficient (Wildman–Crippen LogP) is 4.18. The van der Waals surface area contributed by atoms with E-state index in [1.165, 1.54) is 16.7 Å². The zero-order chi connectivity index (χ0) is 13.1. The summed E-state index contributed by atoms with van der Waals surface area (Å²) in [5.74, 6) is 0.945. The molecule has 1 atom stereocenters. The average Bonchev–Trinajstić information content (AvgIpc) is 2.28. The van der Waals surface area contributed by atoms with E-state index < -0.39 is 0 Å². The molecule has 2 rings (SSSR count). The summed E-state index contributed by atoms with van der Waals surface area (Å²) in [6.07, 6.45) is 0. The molecule has 2 aromatic rings. The summed E-state index contributed by atoms with van der Waals surface area (Å²) in [4.78, 5) is 4.51. The van der Waals surface area contributed by atoms with Crippen molar-refractivity contribution in [3.8, 4) is 0 Å². The molecule has 0 radical (unpaired) electrons. The van der Waals surface area contributed by atoms with Gasteiger partial charge >= 0.3 is 0 Å². The molecule has 0 saturated carbocycles. The second-order valence-corrected chi connectivity index (χ2v) is 4.95. The fourth-order valence-corrected chi connectivity index (χ4v) is 2.08. The molecule has 1 N–H and O–H groups in total. The highest BCUT2D eigenvalue weighted by atomic mass is 15.0. The summed E-state index contributed by atoms with van der Waals surface area (Å²) in [5.41, 5.74) is 4.85. The van der Waals surface area contributed by atoms with E-state index in [2.05, 4.69) is 67.5 Å². The highest BCUT2D eigenvalue weighted by molar-refractivity contribution is 5.42. The maximum atomic E-state index is 4.51. The number of rotatable bonds is 3. The van der Waals surface area contributed by atoms with E-state index in [4.69, 9.17) is 0 Å². The van der Waals surface area contributed by atoms with Gasteiger partial charge < -0.3 is 5.32 Å². The van der Waals surface area contributed by atoms with Crippen molar-refractivity contribution in [3.63, 3.8) is 0 Å². The van der Waals surface area contributed by atoms with E-state index >= 15 is 0 Å². The summed E-state index contributed by atoms with van der Waals surface area (Å²) < 4.78 is 0. The van der Waals surface area contributed by atoms with Gasteiger partial charge in [-0.3, -0.25) is 0 Å². The topological polar surface area (TPSA) is 24.9 Å². The van der Waals surface area contributed by atoms with Crippen LogP contribution in [0.1, 0.15) is 35.3 Å². The van der Waals surface area contributed by atoms with Gasteiger partial charge in [-0.15, -0.1) is 0 Å². The van der Waals surface area contributed by atoms with Crippen LogP contribution in [0.25, 0.3) is 0 Å². The molecule has 1 unspecified atom stereocenters. The Morgan fingerprint density at radius 3 is 2.22 bits per heavy atom. The number of benzene rings is 1. The van der Waals surface area contributed by atoms with Crippen molar-refractivity contribution in [2.75, 3.05) is 5.32 Å². The standard InChI is InChI=1S/C16H20N2/c1-11-5-7-15(8-6-11)14(4)18-16-10-12(2)9-13(3)17-16/h5-10,14H,1-4H3,(H,17,18). The second-order valence-electron chi connectivity index (χ2n) is 4.95. The van der Waals surface area contributed by atoms with Crippen LogP contribution in [0.4, 0.5) is 5.82 Å². The van der Waals surface area contributed by atoms with Crippen LogP contribution < -0.4 is 5.32 Å². The van der Waals surface area contributed by atoms with E-state index in [1.807, 2.05) is 6.92 Å². The summed E-state index contributed by atoms with van der Waals surface area (Å²) in [5, 5.41) is 3.45. The molecule has 0 bridgehead atoms. The van der Waals surface area contributed by atoms with Gasteiger partial charge in [0.1, 0.15) is 5.82 Å². The van der Waals surface area contributed by atoms with Crippen molar-refractivity contribution in [3.05, 3.63) is 58.8 Å². The Bertz CT molecular complexity index is 509. The highest BCUT2D eigenvalue weighted by Crippen LogP contribution is 2.19. The third kappa shape index (κ3) is 3.10. The molecule has 0 aliphatic carbocycles. The lowest BCUT2D eigenvalue weighted by Gasteiger charge is -2.16. The normalized spacial score (nSPS) is 12.2. The van der Waals surface area contributed by atoms with Crippen molar-refractivity contribution in [1.82, 2.24) is 4.98 Å². The van der Waals surface area contributed by atoms with Gasteiger partial charge in [-0.1, -0.05) is 29.8 Å². The van der Waals surface area contributed by atoms with Crippen LogP contribution in [0, 0.1) is 20.8 Å². The lowest BCUT2D eigenvalue weighted by molar-refractivity contribution is 0.871. The Kier molecular flexibility index (Phi) is 3.66. The number of nitrogens with one attached hydrogen (secondary N) is 1. The van der Waals surface area contributed by atoms with Crippen LogP contribution in [0.3, 0.4) is 0 Å². The van der Waals surface area contributed by atoms with Crippen LogP contribution in [-0.2, 0) is 0 Å². The number of anilines is 1. The monoisotopic (exact) mass is 240 g/mol. The summed E-state index contributed by atoms with van der Waals surface area (Å²) in [6, 6.07) is 13.0. The van der Waals surface area contributed by atoms with Crippen molar-refractivity contribution in [2.45, 2.75) is 33.7 Å². The molecule has 0 amide bonds. The van der Waals surface area contributed by atoms with Gasteiger partial charge in [0, 0.05) is 11.7 Å². The van der Waals surface area contributed by atoms with Crippen LogP contribution in [-0.4, -0.2) is 4.98 Å². The first-order valence-corrected chi connectivity index (χ1v) is 6.33. The quantitative estimate of drug-likeness (QED) is 0.870. The molecule has 1 aromatic heterocycles. The first-order valence-electron chi connectivity index (χ1n) is 6.33. The third-order valence-electron chi connectivity index (χ3n) is 3.04. The molecule has 2 nitrogen and oxygen atoms in total. The van der Waals surface area contributed by atoms with E-state index in [-0.39, 0.29) is 6.04 Å². The van der Waals surface area contributed by atoms with E-state index in [9.17, 15) is 0 Å². The van der Waals surface area contributed by atoms with Crippen molar-refractivity contribution in [2.24, 2.45) is 0 Å². The molecule has 18 heavy (non-hydrogen) atoms. The van der Waals surface area contributed by atoms with E-state index in [0.717, 1.165) is 11.5 Å². The molecular formula is C16H20N2. The van der Waals surface area contributed by atoms with Gasteiger partial charge in [0.2, 0.25) is 0 Å². The maximum Gasteiger partial charge on any atom is 0.126 e. The van der Waals surface area contributed by atoms with Gasteiger partial charge in [0.25, 0.3) is 0 Å². The second kappa shape index (κ2) is 5.21. The Hall–Kier alpha value is -1.83.